The summed E-state index contributed by atoms with van der Waals surface area (Å²) in [7, 11) is 0. The molecule has 0 amide bonds. The molecule has 0 saturated heterocycles. The summed E-state index contributed by atoms with van der Waals surface area (Å²) in [5, 5.41) is 0. The van der Waals surface area contributed by atoms with Gasteiger partial charge < -0.3 is 0 Å². The molecule has 0 fully saturated rings. The summed E-state index contributed by atoms with van der Waals surface area (Å²) in [5.41, 5.74) is 0. The largest absolute Gasteiger partial charge is 0 e. The molecular weight excluding hydrogens is 137 g/mol. The van der Waals surface area contributed by atoms with Crippen molar-refractivity contribution in [2.75, 3.05) is 0 Å². The van der Waals surface area contributed by atoms with Crippen molar-refractivity contribution >= 4 is 98.3 Å². The molecule has 0 radical (unpaired) electrons. The Balaban J connectivity index is 0. The van der Waals surface area contributed by atoms with E-state index in [0.29, 0.717) is 0 Å². The van der Waals surface area contributed by atoms with Crippen LogP contribution in [0.2, 0.25) is 0 Å². The van der Waals surface area contributed by atoms with Gasteiger partial charge in [0.05, 0.1) is 0 Å². The first-order valence-electron chi connectivity index (χ1n) is 0. The Morgan fingerprint density at radius 2 is 1.00 bits per heavy atom. The quantitative estimate of drug-likeness (QED) is 0.328. The summed E-state index contributed by atoms with van der Waals surface area (Å²) in [6, 6.07) is 0. The van der Waals surface area contributed by atoms with Gasteiger partial charge in [0, 0.05) is 21.7 Å². The summed E-state index contributed by atoms with van der Waals surface area (Å²) in [6.45, 7) is 0. The van der Waals surface area contributed by atoms with Crippen molar-refractivity contribution in [2.24, 2.45) is 0 Å². The van der Waals surface area contributed by atoms with E-state index in [1.807, 2.05) is 0 Å². The van der Waals surface area contributed by atoms with Crippen LogP contribution in [-0.4, -0.2) is 98.3 Å². The van der Waals surface area contributed by atoms with Crippen molar-refractivity contribution < 1.29 is 21.7 Å². The summed E-state index contributed by atoms with van der Waals surface area (Å²) in [5.74, 6) is 0. The number of rotatable bonds is 0. The Morgan fingerprint density at radius 1 is 1.00 bits per heavy atom. The summed E-state index contributed by atoms with van der Waals surface area (Å²) >= 11 is 0. The van der Waals surface area contributed by atoms with Gasteiger partial charge in [0.1, 0.15) is 0 Å². The van der Waals surface area contributed by atoms with Crippen LogP contribution >= 0.6 is 0 Å². The van der Waals surface area contributed by atoms with E-state index < -0.39 is 0 Å². The fourth-order valence-electron chi connectivity index (χ4n) is 0. The molecule has 0 saturated carbocycles. The summed E-state index contributed by atoms with van der Waals surface area (Å²) < 4.78 is 0. The van der Waals surface area contributed by atoms with Crippen LogP contribution in [0.3, 0.4) is 0 Å². The Morgan fingerprint density at radius 3 is 1.00 bits per heavy atom. The van der Waals surface area contributed by atoms with E-state index in [-0.39, 0.29) is 120 Å². The summed E-state index contributed by atoms with van der Waals surface area (Å²) in [6.07, 6.45) is 0. The molecule has 0 bridgehead atoms. The fourth-order valence-corrected chi connectivity index (χ4v) is 0. The Kier molecular flexibility index (Phi) is 97.8. The minimum atomic E-state index is 0. The van der Waals surface area contributed by atoms with E-state index in [9.17, 15) is 0 Å². The molecular formula is H5AlKNaTi. The first-order chi connectivity index (χ1) is 0. The third-order valence-corrected chi connectivity index (χ3v) is 0. The molecule has 0 heterocycles. The molecule has 0 aromatic heterocycles. The van der Waals surface area contributed by atoms with Crippen LogP contribution in [0.4, 0.5) is 0 Å². The number of hydrogen-bond donors (Lipinski definition) is 0. The van der Waals surface area contributed by atoms with Crippen molar-refractivity contribution in [1.29, 1.82) is 0 Å². The molecule has 0 atom stereocenters. The molecule has 4 heteroatoms. The number of hydrogen-bond acceptors (Lipinski definition) is 0. The molecule has 0 rings (SSSR count). The maximum atomic E-state index is 0. The standard InChI is InChI=1S/Al.K.Na.Ti.5H. The zero-order valence-corrected chi connectivity index (χ0v) is 2.06. The molecule has 0 aromatic rings. The first kappa shape index (κ1) is 24.8. The van der Waals surface area contributed by atoms with Gasteiger partial charge in [-0.15, -0.1) is 0 Å². The van der Waals surface area contributed by atoms with Crippen molar-refractivity contribution in [1.82, 2.24) is 0 Å². The van der Waals surface area contributed by atoms with Crippen molar-refractivity contribution in [3.05, 3.63) is 0 Å². The second-order valence-corrected chi connectivity index (χ2v) is 0. The minimum Gasteiger partial charge on any atom is 0 e. The summed E-state index contributed by atoms with van der Waals surface area (Å²) in [4.78, 5) is 0. The fraction of sp³-hybridized carbons (Fsp3) is 0. The van der Waals surface area contributed by atoms with Gasteiger partial charge in [-0.1, -0.05) is 0 Å². The van der Waals surface area contributed by atoms with Crippen LogP contribution in [-0.2, 0) is 21.7 Å². The van der Waals surface area contributed by atoms with E-state index >= 15 is 0 Å². The molecule has 0 aliphatic rings. The van der Waals surface area contributed by atoms with Crippen LogP contribution in [0.25, 0.3) is 0 Å². The van der Waals surface area contributed by atoms with E-state index in [1.165, 1.54) is 0 Å². The Hall–Kier alpha value is 3.88. The van der Waals surface area contributed by atoms with Crippen molar-refractivity contribution in [3.8, 4) is 0 Å². The van der Waals surface area contributed by atoms with Gasteiger partial charge in [-0.2, -0.15) is 0 Å². The van der Waals surface area contributed by atoms with E-state index in [0.717, 1.165) is 0 Å². The first-order valence-corrected chi connectivity index (χ1v) is 0. The van der Waals surface area contributed by atoms with E-state index in [1.54, 1.807) is 0 Å². The van der Waals surface area contributed by atoms with Crippen molar-refractivity contribution in [2.45, 2.75) is 0 Å². The maximum absolute atomic E-state index is 0. The molecule has 4 heavy (non-hydrogen) atoms. The van der Waals surface area contributed by atoms with E-state index in [4.69, 9.17) is 0 Å². The third-order valence-electron chi connectivity index (χ3n) is 0. The zero-order valence-electron chi connectivity index (χ0n) is 0.500. The van der Waals surface area contributed by atoms with Gasteiger partial charge in [0.2, 0.25) is 0 Å². The van der Waals surface area contributed by atoms with Crippen molar-refractivity contribution in [3.63, 3.8) is 0 Å². The molecule has 0 spiro atoms. The second-order valence-electron chi connectivity index (χ2n) is 0. The third kappa shape index (κ3) is 9.30. The van der Waals surface area contributed by atoms with Crippen LogP contribution < -0.4 is 0 Å². The Bertz CT molecular complexity index is 8.00. The van der Waals surface area contributed by atoms with Crippen LogP contribution in [0.5, 0.6) is 0 Å². The van der Waals surface area contributed by atoms with Crippen LogP contribution in [0, 0.1) is 0 Å². The maximum Gasteiger partial charge on any atom is 0 e. The minimum absolute atomic E-state index is 0. The molecule has 0 aromatic carbocycles. The molecule has 0 aliphatic carbocycles. The van der Waals surface area contributed by atoms with Crippen LogP contribution in [0.1, 0.15) is 0 Å². The topological polar surface area (TPSA) is 0 Å². The predicted octanol–water partition coefficient (Wildman–Crippen LogP) is -2.48. The Labute approximate surface area is 117 Å². The van der Waals surface area contributed by atoms with Crippen LogP contribution in [0.15, 0.2) is 0 Å². The molecule has 14 valence electrons. The molecule has 0 aliphatic heterocycles. The average molecular weight is 142 g/mol. The normalized spacial score (nSPS) is 0. The SMILES string of the molecule is [AlH3].[KH].[NaH].[Ti]. The van der Waals surface area contributed by atoms with Gasteiger partial charge in [0.15, 0.2) is 17.4 Å². The predicted molar refractivity (Wildman–Crippen MR) is 24.2 cm³/mol. The van der Waals surface area contributed by atoms with Gasteiger partial charge in [0.25, 0.3) is 0 Å². The molecule has 0 N–H and O–H groups in total. The van der Waals surface area contributed by atoms with Gasteiger partial charge in [-0.25, -0.2) is 0 Å². The smallest absolute Gasteiger partial charge is 0 e. The van der Waals surface area contributed by atoms with Gasteiger partial charge in [-0.3, -0.25) is 0 Å². The van der Waals surface area contributed by atoms with Gasteiger partial charge in [-0.05, 0) is 0 Å². The second kappa shape index (κ2) is 15.8. The molecule has 0 unspecified atom stereocenters. The zero-order chi connectivity index (χ0) is 0. The van der Waals surface area contributed by atoms with E-state index in [2.05, 4.69) is 0 Å². The molecule has 0 nitrogen and oxygen atoms in total. The van der Waals surface area contributed by atoms with Gasteiger partial charge >= 0.3 is 80.9 Å². The average Bonchev–Trinajstić information content (AvgIpc) is 0. The monoisotopic (exact) mass is 142 g/mol.